The van der Waals surface area contributed by atoms with E-state index in [0.717, 1.165) is 32.4 Å². The molecular formula is C12H22N2O. The highest BCUT2D eigenvalue weighted by Gasteiger charge is 2.29. The van der Waals surface area contributed by atoms with Gasteiger partial charge >= 0.3 is 0 Å². The molecule has 0 aromatic carbocycles. The van der Waals surface area contributed by atoms with Crippen LogP contribution in [0.15, 0.2) is 0 Å². The quantitative estimate of drug-likeness (QED) is 0.694. The van der Waals surface area contributed by atoms with Gasteiger partial charge in [0.15, 0.2) is 0 Å². The molecule has 1 heterocycles. The molecule has 2 aliphatic rings. The van der Waals surface area contributed by atoms with E-state index in [9.17, 15) is 4.79 Å². The van der Waals surface area contributed by atoms with Crippen LogP contribution in [0.4, 0.5) is 0 Å². The Balaban J connectivity index is 1.81. The second kappa shape index (κ2) is 4.62. The van der Waals surface area contributed by atoms with E-state index < -0.39 is 0 Å². The van der Waals surface area contributed by atoms with Gasteiger partial charge in [0.2, 0.25) is 0 Å². The summed E-state index contributed by atoms with van der Waals surface area (Å²) in [6.45, 7) is 3.35. The van der Waals surface area contributed by atoms with E-state index in [1.165, 1.54) is 13.0 Å². The first-order chi connectivity index (χ1) is 7.16. The summed E-state index contributed by atoms with van der Waals surface area (Å²) in [5.74, 6) is 0.828. The molecule has 0 aromatic rings. The third-order valence-electron chi connectivity index (χ3n) is 3.93. The Bertz CT molecular complexity index is 242. The van der Waals surface area contributed by atoms with E-state index in [1.54, 1.807) is 0 Å². The number of ketones is 1. The lowest BCUT2D eigenvalue weighted by molar-refractivity contribution is -0.121. The van der Waals surface area contributed by atoms with Gasteiger partial charge in [-0.15, -0.1) is 0 Å². The smallest absolute Gasteiger partial charge is 0.137 e. The Hall–Kier alpha value is -0.410. The van der Waals surface area contributed by atoms with Gasteiger partial charge in [-0.3, -0.25) is 4.79 Å². The minimum absolute atomic E-state index is 0.334. The lowest BCUT2D eigenvalue weighted by atomic mass is 10.1. The van der Waals surface area contributed by atoms with Crippen LogP contribution in [0.5, 0.6) is 0 Å². The van der Waals surface area contributed by atoms with Gasteiger partial charge in [0, 0.05) is 31.5 Å². The number of likely N-dealkylation sites (N-methyl/N-ethyl adjacent to an activating group) is 2. The molecule has 1 aliphatic carbocycles. The minimum atomic E-state index is 0.334. The van der Waals surface area contributed by atoms with Crippen LogP contribution in [-0.2, 0) is 4.79 Å². The van der Waals surface area contributed by atoms with Crippen molar-refractivity contribution in [3.8, 4) is 0 Å². The average molecular weight is 210 g/mol. The number of rotatable bonds is 3. The van der Waals surface area contributed by atoms with E-state index in [-0.39, 0.29) is 0 Å². The summed E-state index contributed by atoms with van der Waals surface area (Å²) >= 11 is 0. The highest BCUT2D eigenvalue weighted by molar-refractivity contribution is 5.83. The lowest BCUT2D eigenvalue weighted by Gasteiger charge is -2.26. The Morgan fingerprint density at radius 2 is 2.27 bits per heavy atom. The Labute approximate surface area is 92.4 Å². The fourth-order valence-corrected chi connectivity index (χ4v) is 2.85. The monoisotopic (exact) mass is 210 g/mol. The van der Waals surface area contributed by atoms with Crippen molar-refractivity contribution in [2.24, 2.45) is 5.92 Å². The molecule has 0 N–H and O–H groups in total. The summed E-state index contributed by atoms with van der Waals surface area (Å²) in [7, 11) is 4.35. The van der Waals surface area contributed by atoms with Crippen molar-refractivity contribution < 1.29 is 4.79 Å². The van der Waals surface area contributed by atoms with Gasteiger partial charge in [0.25, 0.3) is 0 Å². The first-order valence-corrected chi connectivity index (χ1v) is 6.08. The Kier molecular flexibility index (Phi) is 3.42. The highest BCUT2D eigenvalue weighted by Crippen LogP contribution is 2.23. The number of hydrogen-bond acceptors (Lipinski definition) is 3. The van der Waals surface area contributed by atoms with Crippen molar-refractivity contribution in [3.63, 3.8) is 0 Å². The van der Waals surface area contributed by atoms with Gasteiger partial charge in [-0.25, -0.2) is 0 Å². The third kappa shape index (κ3) is 2.58. The first kappa shape index (κ1) is 11.1. The molecule has 2 fully saturated rings. The molecular weight excluding hydrogens is 188 g/mol. The number of hydrogen-bond donors (Lipinski definition) is 0. The second-order valence-electron chi connectivity index (χ2n) is 5.20. The summed E-state index contributed by atoms with van der Waals surface area (Å²) in [4.78, 5) is 16.3. The van der Waals surface area contributed by atoms with Crippen LogP contribution in [0.2, 0.25) is 0 Å². The zero-order valence-electron chi connectivity index (χ0n) is 9.91. The van der Waals surface area contributed by atoms with Crippen LogP contribution in [0.1, 0.15) is 25.7 Å². The van der Waals surface area contributed by atoms with Gasteiger partial charge in [0.05, 0.1) is 0 Å². The van der Waals surface area contributed by atoms with Crippen LogP contribution >= 0.6 is 0 Å². The molecule has 3 heteroatoms. The third-order valence-corrected chi connectivity index (χ3v) is 3.93. The van der Waals surface area contributed by atoms with Crippen LogP contribution in [-0.4, -0.2) is 55.4 Å². The first-order valence-electron chi connectivity index (χ1n) is 6.08. The molecule has 1 saturated carbocycles. The van der Waals surface area contributed by atoms with Crippen molar-refractivity contribution in [1.29, 1.82) is 0 Å². The Morgan fingerprint density at radius 1 is 1.47 bits per heavy atom. The van der Waals surface area contributed by atoms with Gasteiger partial charge < -0.3 is 9.80 Å². The van der Waals surface area contributed by atoms with Gasteiger partial charge in [0.1, 0.15) is 5.78 Å². The standard InChI is InChI=1S/C12H22N2O/c1-13-7-6-11(9-13)14(2)8-10-4-3-5-12(10)15/h10-11H,3-9H2,1-2H3. The van der Waals surface area contributed by atoms with Crippen LogP contribution in [0, 0.1) is 5.92 Å². The van der Waals surface area contributed by atoms with Crippen molar-refractivity contribution in [2.45, 2.75) is 31.7 Å². The van der Waals surface area contributed by atoms with Crippen molar-refractivity contribution in [1.82, 2.24) is 9.80 Å². The minimum Gasteiger partial charge on any atom is -0.305 e. The van der Waals surface area contributed by atoms with Gasteiger partial charge in [-0.1, -0.05) is 0 Å². The Morgan fingerprint density at radius 3 is 2.80 bits per heavy atom. The summed E-state index contributed by atoms with van der Waals surface area (Å²) in [5.41, 5.74) is 0. The van der Waals surface area contributed by atoms with Crippen LogP contribution in [0.25, 0.3) is 0 Å². The number of nitrogens with zero attached hydrogens (tertiary/aromatic N) is 2. The number of carbonyl (C=O) groups is 1. The summed E-state index contributed by atoms with van der Waals surface area (Å²) < 4.78 is 0. The predicted octanol–water partition coefficient (Wildman–Crippen LogP) is 0.991. The maximum absolute atomic E-state index is 11.6. The van der Waals surface area contributed by atoms with E-state index in [2.05, 4.69) is 23.9 Å². The van der Waals surface area contributed by atoms with Gasteiger partial charge in [-0.2, -0.15) is 0 Å². The normalized spacial score (nSPS) is 33.1. The predicted molar refractivity (Wildman–Crippen MR) is 60.9 cm³/mol. The second-order valence-corrected chi connectivity index (χ2v) is 5.20. The lowest BCUT2D eigenvalue weighted by Crippen LogP contribution is -2.38. The molecule has 3 nitrogen and oxygen atoms in total. The summed E-state index contributed by atoms with van der Waals surface area (Å²) in [6, 6.07) is 0.670. The van der Waals surface area contributed by atoms with Crippen molar-refractivity contribution >= 4 is 5.78 Å². The molecule has 1 aliphatic heterocycles. The highest BCUT2D eigenvalue weighted by atomic mass is 16.1. The largest absolute Gasteiger partial charge is 0.305 e. The topological polar surface area (TPSA) is 23.6 Å². The van der Waals surface area contributed by atoms with Crippen molar-refractivity contribution in [2.75, 3.05) is 33.7 Å². The van der Waals surface area contributed by atoms with E-state index >= 15 is 0 Å². The molecule has 0 radical (unpaired) electrons. The molecule has 0 bridgehead atoms. The molecule has 1 saturated heterocycles. The number of Topliss-reactive ketones (excluding diaryl/α,β-unsaturated/α-hetero) is 1. The maximum atomic E-state index is 11.6. The SMILES string of the molecule is CN1CCC(N(C)CC2CCCC2=O)C1. The molecule has 15 heavy (non-hydrogen) atoms. The fourth-order valence-electron chi connectivity index (χ4n) is 2.85. The molecule has 2 atom stereocenters. The zero-order valence-corrected chi connectivity index (χ0v) is 9.91. The van der Waals surface area contributed by atoms with E-state index in [4.69, 9.17) is 0 Å². The number of carbonyl (C=O) groups excluding carboxylic acids is 1. The average Bonchev–Trinajstić information content (AvgIpc) is 2.77. The maximum Gasteiger partial charge on any atom is 0.137 e. The molecule has 0 amide bonds. The summed E-state index contributed by atoms with van der Waals surface area (Å²) in [6.07, 6.45) is 4.31. The molecule has 0 spiro atoms. The van der Waals surface area contributed by atoms with Crippen LogP contribution in [0.3, 0.4) is 0 Å². The van der Waals surface area contributed by atoms with Crippen molar-refractivity contribution in [3.05, 3.63) is 0 Å². The van der Waals surface area contributed by atoms with E-state index in [0.29, 0.717) is 17.7 Å². The molecule has 86 valence electrons. The fraction of sp³-hybridized carbons (Fsp3) is 0.917. The molecule has 2 rings (SSSR count). The number of likely N-dealkylation sites (tertiary alicyclic amines) is 1. The molecule has 2 unspecified atom stereocenters. The molecule has 0 aromatic heterocycles. The van der Waals surface area contributed by atoms with E-state index in [1.807, 2.05) is 0 Å². The zero-order chi connectivity index (χ0) is 10.8. The summed E-state index contributed by atoms with van der Waals surface area (Å²) in [5, 5.41) is 0. The van der Waals surface area contributed by atoms with Crippen LogP contribution < -0.4 is 0 Å². The van der Waals surface area contributed by atoms with Gasteiger partial charge in [-0.05, 0) is 39.9 Å².